The smallest absolute Gasteiger partial charge is 0.220 e. The molecule has 0 aromatic carbocycles. The number of hydrogen-bond donors (Lipinski definition) is 1. The summed E-state index contributed by atoms with van der Waals surface area (Å²) in [6.45, 7) is 7.41. The SMILES string of the molecule is CCCCCCCC(=O)NCC(CC)(CC)CBr. The van der Waals surface area contributed by atoms with Gasteiger partial charge >= 0.3 is 0 Å². The van der Waals surface area contributed by atoms with Crippen molar-refractivity contribution in [3.8, 4) is 0 Å². The van der Waals surface area contributed by atoms with Crippen LogP contribution in [0.5, 0.6) is 0 Å². The molecule has 108 valence electrons. The average molecular weight is 320 g/mol. The molecule has 0 aliphatic carbocycles. The Morgan fingerprint density at radius 3 is 2.17 bits per heavy atom. The second-order valence-electron chi connectivity index (χ2n) is 5.28. The van der Waals surface area contributed by atoms with Crippen molar-refractivity contribution < 1.29 is 4.79 Å². The Balaban J connectivity index is 3.74. The fraction of sp³-hybridized carbons (Fsp3) is 0.933. The highest BCUT2D eigenvalue weighted by molar-refractivity contribution is 9.09. The molecule has 0 unspecified atom stereocenters. The zero-order valence-corrected chi connectivity index (χ0v) is 13.9. The summed E-state index contributed by atoms with van der Waals surface area (Å²) in [5, 5.41) is 4.06. The lowest BCUT2D eigenvalue weighted by Crippen LogP contribution is -2.38. The lowest BCUT2D eigenvalue weighted by Gasteiger charge is -2.29. The number of halogens is 1. The lowest BCUT2D eigenvalue weighted by atomic mass is 9.84. The van der Waals surface area contributed by atoms with Crippen LogP contribution in [0.4, 0.5) is 0 Å². The van der Waals surface area contributed by atoms with Gasteiger partial charge in [0.1, 0.15) is 0 Å². The highest BCUT2D eigenvalue weighted by Crippen LogP contribution is 2.27. The minimum absolute atomic E-state index is 0.221. The summed E-state index contributed by atoms with van der Waals surface area (Å²) in [7, 11) is 0. The zero-order valence-electron chi connectivity index (χ0n) is 12.4. The van der Waals surface area contributed by atoms with Crippen molar-refractivity contribution in [2.45, 2.75) is 72.1 Å². The third-order valence-electron chi connectivity index (χ3n) is 3.95. The fourth-order valence-corrected chi connectivity index (χ4v) is 2.99. The molecular formula is C15H30BrNO. The van der Waals surface area contributed by atoms with Gasteiger partial charge in [0, 0.05) is 18.3 Å². The maximum absolute atomic E-state index is 11.7. The van der Waals surface area contributed by atoms with Crippen LogP contribution in [0.3, 0.4) is 0 Å². The fourth-order valence-electron chi connectivity index (χ4n) is 2.00. The highest BCUT2D eigenvalue weighted by Gasteiger charge is 2.25. The van der Waals surface area contributed by atoms with E-state index in [4.69, 9.17) is 0 Å². The molecule has 0 aliphatic heterocycles. The Hall–Kier alpha value is -0.0500. The first-order valence-electron chi connectivity index (χ1n) is 7.46. The van der Waals surface area contributed by atoms with Gasteiger partial charge in [-0.1, -0.05) is 62.4 Å². The predicted octanol–water partition coefficient (Wildman–Crippen LogP) is 4.66. The summed E-state index contributed by atoms with van der Waals surface area (Å²) < 4.78 is 0. The maximum atomic E-state index is 11.7. The summed E-state index contributed by atoms with van der Waals surface area (Å²) in [5.74, 6) is 0.221. The van der Waals surface area contributed by atoms with Crippen molar-refractivity contribution in [3.63, 3.8) is 0 Å². The molecule has 0 aromatic heterocycles. The Labute approximate surface area is 121 Å². The van der Waals surface area contributed by atoms with Gasteiger partial charge in [0.05, 0.1) is 0 Å². The molecule has 0 radical (unpaired) electrons. The average Bonchev–Trinajstić information content (AvgIpc) is 2.41. The van der Waals surface area contributed by atoms with E-state index < -0.39 is 0 Å². The number of amides is 1. The van der Waals surface area contributed by atoms with Gasteiger partial charge in [0.25, 0.3) is 0 Å². The summed E-state index contributed by atoms with van der Waals surface area (Å²) in [6, 6.07) is 0. The minimum atomic E-state index is 0.221. The van der Waals surface area contributed by atoms with Crippen molar-refractivity contribution in [1.82, 2.24) is 5.32 Å². The number of carbonyl (C=O) groups excluding carboxylic acids is 1. The molecule has 0 saturated carbocycles. The molecule has 0 aromatic rings. The Kier molecular flexibility index (Phi) is 10.8. The first-order chi connectivity index (χ1) is 8.64. The topological polar surface area (TPSA) is 29.1 Å². The van der Waals surface area contributed by atoms with Gasteiger partial charge in [-0.3, -0.25) is 4.79 Å². The summed E-state index contributed by atoms with van der Waals surface area (Å²) >= 11 is 3.57. The van der Waals surface area contributed by atoms with E-state index in [1.807, 2.05) is 0 Å². The Morgan fingerprint density at radius 2 is 1.67 bits per heavy atom. The van der Waals surface area contributed by atoms with Crippen LogP contribution in [0.1, 0.15) is 72.1 Å². The summed E-state index contributed by atoms with van der Waals surface area (Å²) in [4.78, 5) is 11.7. The molecule has 3 heteroatoms. The summed E-state index contributed by atoms with van der Waals surface area (Å²) in [6.07, 6.45) is 8.93. The van der Waals surface area contributed by atoms with Gasteiger partial charge in [0.15, 0.2) is 0 Å². The molecule has 0 saturated heterocycles. The third kappa shape index (κ3) is 7.40. The predicted molar refractivity (Wildman–Crippen MR) is 83.2 cm³/mol. The first-order valence-corrected chi connectivity index (χ1v) is 8.59. The quantitative estimate of drug-likeness (QED) is 0.435. The van der Waals surface area contributed by atoms with Crippen LogP contribution < -0.4 is 5.32 Å². The van der Waals surface area contributed by atoms with Crippen LogP contribution in [0.15, 0.2) is 0 Å². The standard InChI is InChI=1S/C15H30BrNO/c1-4-7-8-9-10-11-14(18)17-13-15(5-2,6-3)12-16/h4-13H2,1-3H3,(H,17,18). The second kappa shape index (κ2) is 10.8. The lowest BCUT2D eigenvalue weighted by molar-refractivity contribution is -0.121. The maximum Gasteiger partial charge on any atom is 0.220 e. The second-order valence-corrected chi connectivity index (χ2v) is 5.84. The van der Waals surface area contributed by atoms with Gasteiger partial charge in [-0.15, -0.1) is 0 Å². The largest absolute Gasteiger partial charge is 0.356 e. The van der Waals surface area contributed by atoms with E-state index in [-0.39, 0.29) is 11.3 Å². The summed E-state index contributed by atoms with van der Waals surface area (Å²) in [5.41, 5.74) is 0.234. The molecule has 0 rings (SSSR count). The number of alkyl halides is 1. The van der Waals surface area contributed by atoms with Gasteiger partial charge in [-0.05, 0) is 24.7 Å². The molecule has 0 bridgehead atoms. The third-order valence-corrected chi connectivity index (χ3v) is 5.14. The number of unbranched alkanes of at least 4 members (excludes halogenated alkanes) is 4. The molecule has 0 atom stereocenters. The molecule has 0 fully saturated rings. The number of rotatable bonds is 11. The van der Waals surface area contributed by atoms with Crippen LogP contribution in [0.25, 0.3) is 0 Å². The molecule has 0 aliphatic rings. The number of carbonyl (C=O) groups is 1. The molecular weight excluding hydrogens is 290 g/mol. The van der Waals surface area contributed by atoms with Crippen molar-refractivity contribution in [3.05, 3.63) is 0 Å². The molecule has 18 heavy (non-hydrogen) atoms. The minimum Gasteiger partial charge on any atom is -0.356 e. The van der Waals surface area contributed by atoms with E-state index in [9.17, 15) is 4.79 Å². The number of nitrogens with one attached hydrogen (secondary N) is 1. The Bertz CT molecular complexity index is 206. The van der Waals surface area contributed by atoms with Crippen molar-refractivity contribution in [2.75, 3.05) is 11.9 Å². The molecule has 0 heterocycles. The van der Waals surface area contributed by atoms with E-state index in [0.29, 0.717) is 6.42 Å². The molecule has 2 nitrogen and oxygen atoms in total. The van der Waals surface area contributed by atoms with E-state index in [1.54, 1.807) is 0 Å². The van der Waals surface area contributed by atoms with Gasteiger partial charge < -0.3 is 5.32 Å². The van der Waals surface area contributed by atoms with Crippen molar-refractivity contribution >= 4 is 21.8 Å². The van der Waals surface area contributed by atoms with Crippen LogP contribution in [0.2, 0.25) is 0 Å². The van der Waals surface area contributed by atoms with E-state index in [2.05, 4.69) is 42.0 Å². The molecule has 0 spiro atoms. The molecule has 1 amide bonds. The van der Waals surface area contributed by atoms with Gasteiger partial charge in [-0.2, -0.15) is 0 Å². The Morgan fingerprint density at radius 1 is 1.06 bits per heavy atom. The number of hydrogen-bond acceptors (Lipinski definition) is 1. The van der Waals surface area contributed by atoms with Crippen LogP contribution in [-0.2, 0) is 4.79 Å². The van der Waals surface area contributed by atoms with Gasteiger partial charge in [0.2, 0.25) is 5.91 Å². The van der Waals surface area contributed by atoms with Crippen LogP contribution in [0, 0.1) is 5.41 Å². The van der Waals surface area contributed by atoms with Crippen LogP contribution in [-0.4, -0.2) is 17.8 Å². The highest BCUT2D eigenvalue weighted by atomic mass is 79.9. The first kappa shape index (κ1) is 17.9. The van der Waals surface area contributed by atoms with Crippen molar-refractivity contribution in [2.24, 2.45) is 5.41 Å². The van der Waals surface area contributed by atoms with E-state index >= 15 is 0 Å². The van der Waals surface area contributed by atoms with E-state index in [0.717, 1.165) is 31.1 Å². The molecule has 1 N–H and O–H groups in total. The van der Waals surface area contributed by atoms with Crippen molar-refractivity contribution in [1.29, 1.82) is 0 Å². The monoisotopic (exact) mass is 319 g/mol. The zero-order chi connectivity index (χ0) is 13.9. The van der Waals surface area contributed by atoms with Gasteiger partial charge in [-0.25, -0.2) is 0 Å². The van der Waals surface area contributed by atoms with E-state index in [1.165, 1.54) is 25.7 Å². The van der Waals surface area contributed by atoms with Crippen LogP contribution >= 0.6 is 15.9 Å². The normalized spacial score (nSPS) is 11.6.